The Labute approximate surface area is 54.1 Å². The van der Waals surface area contributed by atoms with Crippen molar-refractivity contribution in [2.75, 3.05) is 13.1 Å². The number of rotatable bonds is 0. The van der Waals surface area contributed by atoms with Crippen molar-refractivity contribution in [2.24, 2.45) is 0 Å². The van der Waals surface area contributed by atoms with Crippen LogP contribution in [0, 0.1) is 0 Å². The second-order valence-corrected chi connectivity index (χ2v) is 2.11. The lowest BCUT2D eigenvalue weighted by Gasteiger charge is -1.98. The van der Waals surface area contributed by atoms with Gasteiger partial charge in [0.1, 0.15) is 0 Å². The highest BCUT2D eigenvalue weighted by Gasteiger charge is 2.01. The van der Waals surface area contributed by atoms with Crippen LogP contribution in [-0.4, -0.2) is 19.1 Å². The van der Waals surface area contributed by atoms with Gasteiger partial charge in [-0.05, 0) is 6.92 Å². The Morgan fingerprint density at radius 1 is 1.56 bits per heavy atom. The number of amides is 2. The summed E-state index contributed by atoms with van der Waals surface area (Å²) in [6, 6.07) is -0.0805. The molecule has 1 heterocycles. The molecular weight excluding hydrogens is 116 g/mol. The SMILES string of the molecule is CC1=CCNC(=O)NC1. The zero-order valence-corrected chi connectivity index (χ0v) is 5.40. The third-order valence-corrected chi connectivity index (χ3v) is 1.24. The van der Waals surface area contributed by atoms with E-state index in [-0.39, 0.29) is 6.03 Å². The molecule has 0 radical (unpaired) electrons. The van der Waals surface area contributed by atoms with Gasteiger partial charge in [-0.25, -0.2) is 4.79 Å². The van der Waals surface area contributed by atoms with Crippen LogP contribution in [0.25, 0.3) is 0 Å². The quantitative estimate of drug-likeness (QED) is 0.449. The van der Waals surface area contributed by atoms with Gasteiger partial charge in [0.15, 0.2) is 0 Å². The van der Waals surface area contributed by atoms with E-state index >= 15 is 0 Å². The molecule has 0 unspecified atom stereocenters. The lowest BCUT2D eigenvalue weighted by molar-refractivity contribution is 0.243. The molecule has 3 nitrogen and oxygen atoms in total. The highest BCUT2D eigenvalue weighted by Crippen LogP contribution is 1.90. The second-order valence-electron chi connectivity index (χ2n) is 2.11. The molecule has 0 saturated heterocycles. The summed E-state index contributed by atoms with van der Waals surface area (Å²) in [5.74, 6) is 0. The van der Waals surface area contributed by atoms with Crippen molar-refractivity contribution >= 4 is 6.03 Å². The molecule has 0 aromatic heterocycles. The van der Waals surface area contributed by atoms with E-state index in [2.05, 4.69) is 10.6 Å². The summed E-state index contributed by atoms with van der Waals surface area (Å²) in [5, 5.41) is 5.32. The molecule has 0 bridgehead atoms. The van der Waals surface area contributed by atoms with Crippen molar-refractivity contribution in [3.05, 3.63) is 11.6 Å². The normalized spacial score (nSPS) is 19.2. The lowest BCUT2D eigenvalue weighted by Crippen LogP contribution is -2.33. The van der Waals surface area contributed by atoms with Crippen LogP contribution < -0.4 is 10.6 Å². The smallest absolute Gasteiger partial charge is 0.315 e. The van der Waals surface area contributed by atoms with Crippen molar-refractivity contribution < 1.29 is 4.79 Å². The minimum absolute atomic E-state index is 0.0805. The lowest BCUT2D eigenvalue weighted by atomic mass is 10.3. The number of hydrogen-bond donors (Lipinski definition) is 2. The monoisotopic (exact) mass is 126 g/mol. The molecule has 1 aliphatic rings. The highest BCUT2D eigenvalue weighted by atomic mass is 16.2. The van der Waals surface area contributed by atoms with E-state index < -0.39 is 0 Å². The predicted octanol–water partition coefficient (Wildman–Crippen LogP) is 0.245. The van der Waals surface area contributed by atoms with Crippen LogP contribution in [0.5, 0.6) is 0 Å². The molecule has 0 fully saturated rings. The Morgan fingerprint density at radius 3 is 3.11 bits per heavy atom. The average Bonchev–Trinajstić information content (AvgIpc) is 1.97. The standard InChI is InChI=1S/C6H10N2O/c1-5-2-3-7-6(9)8-4-5/h2H,3-4H2,1H3,(H2,7,8,9). The Balaban J connectivity index is 2.48. The van der Waals surface area contributed by atoms with Crippen LogP contribution in [0.1, 0.15) is 6.92 Å². The van der Waals surface area contributed by atoms with Gasteiger partial charge in [0.05, 0.1) is 0 Å². The third kappa shape index (κ3) is 1.76. The van der Waals surface area contributed by atoms with Gasteiger partial charge in [0.2, 0.25) is 0 Å². The fourth-order valence-corrected chi connectivity index (χ4v) is 0.672. The molecule has 2 N–H and O–H groups in total. The predicted molar refractivity (Wildman–Crippen MR) is 35.2 cm³/mol. The van der Waals surface area contributed by atoms with Crippen molar-refractivity contribution in [1.29, 1.82) is 0 Å². The third-order valence-electron chi connectivity index (χ3n) is 1.24. The van der Waals surface area contributed by atoms with E-state index in [1.54, 1.807) is 0 Å². The van der Waals surface area contributed by atoms with Gasteiger partial charge < -0.3 is 10.6 Å². The Bertz CT molecular complexity index is 151. The van der Waals surface area contributed by atoms with Gasteiger partial charge in [-0.1, -0.05) is 11.6 Å². The number of urea groups is 1. The van der Waals surface area contributed by atoms with Crippen LogP contribution in [0.2, 0.25) is 0 Å². The van der Waals surface area contributed by atoms with Crippen LogP contribution >= 0.6 is 0 Å². The summed E-state index contributed by atoms with van der Waals surface area (Å²) < 4.78 is 0. The fourth-order valence-electron chi connectivity index (χ4n) is 0.672. The molecule has 0 aromatic rings. The van der Waals surface area contributed by atoms with Gasteiger partial charge >= 0.3 is 6.03 Å². The molecule has 2 amide bonds. The van der Waals surface area contributed by atoms with Crippen LogP contribution in [0.3, 0.4) is 0 Å². The van der Waals surface area contributed by atoms with E-state index in [9.17, 15) is 4.79 Å². The molecule has 0 aromatic carbocycles. The molecular formula is C6H10N2O. The van der Waals surface area contributed by atoms with Crippen molar-refractivity contribution in [3.63, 3.8) is 0 Å². The van der Waals surface area contributed by atoms with E-state index in [1.165, 1.54) is 5.57 Å². The largest absolute Gasteiger partial charge is 0.335 e. The number of hydrogen-bond acceptors (Lipinski definition) is 1. The van der Waals surface area contributed by atoms with Crippen LogP contribution in [-0.2, 0) is 0 Å². The molecule has 1 aliphatic heterocycles. The first kappa shape index (κ1) is 6.13. The van der Waals surface area contributed by atoms with Crippen molar-refractivity contribution in [2.45, 2.75) is 6.92 Å². The summed E-state index contributed by atoms with van der Waals surface area (Å²) in [7, 11) is 0. The second kappa shape index (κ2) is 2.53. The topological polar surface area (TPSA) is 41.1 Å². The Kier molecular flexibility index (Phi) is 1.72. The van der Waals surface area contributed by atoms with E-state index in [0.717, 1.165) is 0 Å². The fraction of sp³-hybridized carbons (Fsp3) is 0.500. The van der Waals surface area contributed by atoms with Crippen LogP contribution in [0.15, 0.2) is 11.6 Å². The maximum Gasteiger partial charge on any atom is 0.315 e. The number of carbonyl (C=O) groups excluding carboxylic acids is 1. The first-order chi connectivity index (χ1) is 4.29. The van der Waals surface area contributed by atoms with E-state index in [1.807, 2.05) is 13.0 Å². The first-order valence-electron chi connectivity index (χ1n) is 2.96. The summed E-state index contributed by atoms with van der Waals surface area (Å²) in [6.07, 6.45) is 2.00. The highest BCUT2D eigenvalue weighted by molar-refractivity contribution is 5.74. The van der Waals surface area contributed by atoms with Gasteiger partial charge in [-0.2, -0.15) is 0 Å². The molecule has 3 heteroatoms. The average molecular weight is 126 g/mol. The van der Waals surface area contributed by atoms with Gasteiger partial charge in [-0.3, -0.25) is 0 Å². The maximum atomic E-state index is 10.6. The first-order valence-corrected chi connectivity index (χ1v) is 2.96. The Hall–Kier alpha value is -0.990. The molecule has 50 valence electrons. The van der Waals surface area contributed by atoms with Gasteiger partial charge in [0, 0.05) is 13.1 Å². The molecule has 1 rings (SSSR count). The summed E-state index contributed by atoms with van der Waals surface area (Å²) >= 11 is 0. The summed E-state index contributed by atoms with van der Waals surface area (Å²) in [4.78, 5) is 10.6. The van der Waals surface area contributed by atoms with Gasteiger partial charge in [0.25, 0.3) is 0 Å². The minimum atomic E-state index is -0.0805. The molecule has 0 saturated carbocycles. The number of nitrogens with one attached hydrogen (secondary N) is 2. The van der Waals surface area contributed by atoms with Crippen LogP contribution in [0.4, 0.5) is 4.79 Å². The maximum absolute atomic E-state index is 10.6. The van der Waals surface area contributed by atoms with Crippen molar-refractivity contribution in [1.82, 2.24) is 10.6 Å². The summed E-state index contributed by atoms with van der Waals surface area (Å²) in [5.41, 5.74) is 1.20. The molecule has 0 spiro atoms. The van der Waals surface area contributed by atoms with Gasteiger partial charge in [-0.15, -0.1) is 0 Å². The number of carbonyl (C=O) groups is 1. The molecule has 0 atom stereocenters. The minimum Gasteiger partial charge on any atom is -0.335 e. The molecule has 0 aliphatic carbocycles. The zero-order valence-electron chi connectivity index (χ0n) is 5.40. The molecule has 9 heavy (non-hydrogen) atoms. The van der Waals surface area contributed by atoms with E-state index in [0.29, 0.717) is 13.1 Å². The van der Waals surface area contributed by atoms with Crippen molar-refractivity contribution in [3.8, 4) is 0 Å². The Morgan fingerprint density at radius 2 is 2.33 bits per heavy atom. The summed E-state index contributed by atoms with van der Waals surface area (Å²) in [6.45, 7) is 3.32. The zero-order chi connectivity index (χ0) is 6.69. The van der Waals surface area contributed by atoms with E-state index in [4.69, 9.17) is 0 Å².